The lowest BCUT2D eigenvalue weighted by atomic mass is 10.2. The Morgan fingerprint density at radius 2 is 1.76 bits per heavy atom. The summed E-state index contributed by atoms with van der Waals surface area (Å²) in [4.78, 5) is 0. The van der Waals surface area contributed by atoms with Crippen LogP contribution in [0.2, 0.25) is 0 Å². The third kappa shape index (κ3) is 6.42. The van der Waals surface area contributed by atoms with E-state index >= 15 is 0 Å². The van der Waals surface area contributed by atoms with Crippen molar-refractivity contribution < 1.29 is 21.6 Å². The van der Waals surface area contributed by atoms with Gasteiger partial charge >= 0.3 is 0 Å². The Labute approximate surface area is 126 Å². The smallest absolute Gasteiger partial charge is 0.211 e. The molecule has 0 aliphatic carbocycles. The Bertz CT molecular complexity index is 671. The summed E-state index contributed by atoms with van der Waals surface area (Å²) in [5, 5.41) is 0. The van der Waals surface area contributed by atoms with Crippen LogP contribution in [0.25, 0.3) is 0 Å². The molecule has 0 spiro atoms. The second kappa shape index (κ2) is 7.21. The lowest BCUT2D eigenvalue weighted by Crippen LogP contribution is -2.37. The fraction of sp³-hybridized carbons (Fsp3) is 0.500. The van der Waals surface area contributed by atoms with Gasteiger partial charge in [0.05, 0.1) is 19.6 Å². The van der Waals surface area contributed by atoms with Gasteiger partial charge in [0.25, 0.3) is 0 Å². The molecule has 0 bridgehead atoms. The van der Waals surface area contributed by atoms with Gasteiger partial charge in [-0.05, 0) is 6.07 Å². The third-order valence-electron chi connectivity index (χ3n) is 2.73. The number of sulfonamides is 2. The minimum atomic E-state index is -3.46. The molecular formula is C12H20N2O5S2. The van der Waals surface area contributed by atoms with E-state index in [1.165, 1.54) is 11.4 Å². The van der Waals surface area contributed by atoms with E-state index in [0.29, 0.717) is 11.3 Å². The molecule has 0 aliphatic rings. The lowest BCUT2D eigenvalue weighted by molar-refractivity contribution is 0.382. The highest BCUT2D eigenvalue weighted by Gasteiger charge is 2.18. The van der Waals surface area contributed by atoms with Gasteiger partial charge in [0.15, 0.2) is 0 Å². The second-order valence-electron chi connectivity index (χ2n) is 4.57. The van der Waals surface area contributed by atoms with Crippen molar-refractivity contribution in [3.05, 3.63) is 29.8 Å². The Kier molecular flexibility index (Phi) is 6.14. The first-order chi connectivity index (χ1) is 9.63. The highest BCUT2D eigenvalue weighted by molar-refractivity contribution is 7.88. The molecule has 0 fully saturated rings. The van der Waals surface area contributed by atoms with Crippen LogP contribution in [0.15, 0.2) is 24.3 Å². The lowest BCUT2D eigenvalue weighted by Gasteiger charge is -2.21. The number of nitrogens with one attached hydrogen (secondary N) is 1. The molecule has 9 heteroatoms. The summed E-state index contributed by atoms with van der Waals surface area (Å²) in [6.45, 7) is 0.180. The van der Waals surface area contributed by atoms with Gasteiger partial charge in [-0.1, -0.05) is 18.2 Å². The van der Waals surface area contributed by atoms with E-state index in [0.717, 1.165) is 12.5 Å². The molecule has 1 aromatic rings. The monoisotopic (exact) mass is 336 g/mol. The normalized spacial score (nSPS) is 12.6. The van der Waals surface area contributed by atoms with Crippen LogP contribution in [-0.4, -0.2) is 53.9 Å². The average molecular weight is 336 g/mol. The van der Waals surface area contributed by atoms with Crippen molar-refractivity contribution in [3.8, 4) is 5.75 Å². The molecule has 7 nitrogen and oxygen atoms in total. The van der Waals surface area contributed by atoms with E-state index < -0.39 is 20.0 Å². The molecule has 1 aromatic carbocycles. The zero-order valence-corrected chi connectivity index (χ0v) is 13.9. The second-order valence-corrected chi connectivity index (χ2v) is 8.39. The standard InChI is InChI=1S/C12H20N2O5S2/c1-19-12-7-5-4-6-11(12)10-14(21(3,17)18)9-8-13-20(2,15)16/h4-7,13H,8-10H2,1-3H3. The van der Waals surface area contributed by atoms with E-state index in [1.54, 1.807) is 24.3 Å². The number of benzene rings is 1. The van der Waals surface area contributed by atoms with E-state index in [4.69, 9.17) is 4.74 Å². The highest BCUT2D eigenvalue weighted by atomic mass is 32.2. The predicted molar refractivity (Wildman–Crippen MR) is 81.1 cm³/mol. The van der Waals surface area contributed by atoms with Crippen molar-refractivity contribution in [1.29, 1.82) is 0 Å². The summed E-state index contributed by atoms with van der Waals surface area (Å²) in [6.07, 6.45) is 2.11. The molecular weight excluding hydrogens is 316 g/mol. The number of methoxy groups -OCH3 is 1. The van der Waals surface area contributed by atoms with Crippen molar-refractivity contribution in [1.82, 2.24) is 9.03 Å². The van der Waals surface area contributed by atoms with Crippen molar-refractivity contribution >= 4 is 20.0 Å². The van der Waals surface area contributed by atoms with Crippen LogP contribution in [0.4, 0.5) is 0 Å². The first kappa shape index (κ1) is 17.9. The molecule has 1 N–H and O–H groups in total. The van der Waals surface area contributed by atoms with Crippen LogP contribution in [0.1, 0.15) is 5.56 Å². The maximum absolute atomic E-state index is 11.8. The maximum Gasteiger partial charge on any atom is 0.211 e. The number of para-hydroxylation sites is 1. The van der Waals surface area contributed by atoms with Gasteiger partial charge in [-0.15, -0.1) is 0 Å². The first-order valence-electron chi connectivity index (χ1n) is 6.15. The molecule has 1 rings (SSSR count). The summed E-state index contributed by atoms with van der Waals surface area (Å²) in [6, 6.07) is 7.08. The molecule has 0 aliphatic heterocycles. The predicted octanol–water partition coefficient (Wildman–Crippen LogP) is 0.00600. The molecule has 21 heavy (non-hydrogen) atoms. The molecule has 0 saturated heterocycles. The van der Waals surface area contributed by atoms with Crippen molar-refractivity contribution in [2.75, 3.05) is 32.7 Å². The Balaban J connectivity index is 2.85. The number of rotatable bonds is 8. The summed E-state index contributed by atoms with van der Waals surface area (Å²) in [5.41, 5.74) is 0.713. The minimum absolute atomic E-state index is 0.0149. The van der Waals surface area contributed by atoms with Crippen LogP contribution in [-0.2, 0) is 26.6 Å². The third-order valence-corrected chi connectivity index (χ3v) is 4.71. The van der Waals surface area contributed by atoms with Gasteiger partial charge in [0.1, 0.15) is 5.75 Å². The minimum Gasteiger partial charge on any atom is -0.496 e. The van der Waals surface area contributed by atoms with Gasteiger partial charge in [-0.3, -0.25) is 0 Å². The van der Waals surface area contributed by atoms with E-state index in [1.807, 2.05) is 0 Å². The van der Waals surface area contributed by atoms with Crippen molar-refractivity contribution in [2.24, 2.45) is 0 Å². The number of hydrogen-bond donors (Lipinski definition) is 1. The average Bonchev–Trinajstić information content (AvgIpc) is 2.35. The fourth-order valence-corrected chi connectivity index (χ4v) is 3.00. The Hall–Kier alpha value is -1.16. The molecule has 120 valence electrons. The molecule has 0 unspecified atom stereocenters. The molecule has 0 amide bonds. The number of nitrogens with zero attached hydrogens (tertiary/aromatic N) is 1. The van der Waals surface area contributed by atoms with Crippen LogP contribution in [0, 0.1) is 0 Å². The zero-order chi connectivity index (χ0) is 16.1. The Morgan fingerprint density at radius 1 is 1.14 bits per heavy atom. The van der Waals surface area contributed by atoms with Gasteiger partial charge in [-0.2, -0.15) is 4.31 Å². The van der Waals surface area contributed by atoms with Crippen LogP contribution < -0.4 is 9.46 Å². The Morgan fingerprint density at radius 3 is 2.29 bits per heavy atom. The quantitative estimate of drug-likeness (QED) is 0.722. The highest BCUT2D eigenvalue weighted by Crippen LogP contribution is 2.20. The van der Waals surface area contributed by atoms with Gasteiger partial charge in [-0.25, -0.2) is 21.6 Å². The summed E-state index contributed by atoms with van der Waals surface area (Å²) in [7, 11) is -5.30. The summed E-state index contributed by atoms with van der Waals surface area (Å²) < 4.78 is 54.3. The number of hydrogen-bond acceptors (Lipinski definition) is 5. The fourth-order valence-electron chi connectivity index (χ4n) is 1.74. The van der Waals surface area contributed by atoms with Crippen molar-refractivity contribution in [2.45, 2.75) is 6.54 Å². The van der Waals surface area contributed by atoms with Gasteiger partial charge in [0, 0.05) is 25.2 Å². The van der Waals surface area contributed by atoms with E-state index in [-0.39, 0.29) is 19.6 Å². The molecule has 0 radical (unpaired) electrons. The summed E-state index contributed by atoms with van der Waals surface area (Å²) in [5.74, 6) is 0.585. The topological polar surface area (TPSA) is 92.8 Å². The first-order valence-corrected chi connectivity index (χ1v) is 9.89. The largest absolute Gasteiger partial charge is 0.496 e. The van der Waals surface area contributed by atoms with Crippen LogP contribution in [0.3, 0.4) is 0 Å². The molecule has 0 aromatic heterocycles. The summed E-state index contributed by atoms with van der Waals surface area (Å²) >= 11 is 0. The van der Waals surface area contributed by atoms with Gasteiger partial charge < -0.3 is 4.74 Å². The van der Waals surface area contributed by atoms with Crippen LogP contribution in [0.5, 0.6) is 5.75 Å². The maximum atomic E-state index is 11.8. The molecule has 0 atom stereocenters. The number of ether oxygens (including phenoxy) is 1. The zero-order valence-electron chi connectivity index (χ0n) is 12.2. The van der Waals surface area contributed by atoms with Crippen LogP contribution >= 0.6 is 0 Å². The van der Waals surface area contributed by atoms with E-state index in [9.17, 15) is 16.8 Å². The molecule has 0 heterocycles. The van der Waals surface area contributed by atoms with Crippen molar-refractivity contribution in [3.63, 3.8) is 0 Å². The molecule has 0 saturated carbocycles. The van der Waals surface area contributed by atoms with Gasteiger partial charge in [0.2, 0.25) is 20.0 Å². The SMILES string of the molecule is COc1ccccc1CN(CCNS(C)(=O)=O)S(C)(=O)=O. The van der Waals surface area contributed by atoms with E-state index in [2.05, 4.69) is 4.72 Å².